The molecule has 0 fully saturated rings. The van der Waals surface area contributed by atoms with E-state index in [1.807, 2.05) is 4.90 Å². The number of rotatable bonds is 5. The van der Waals surface area contributed by atoms with Gasteiger partial charge in [-0.3, -0.25) is 24.8 Å². The van der Waals surface area contributed by atoms with Crippen LogP contribution in [-0.4, -0.2) is 44.8 Å². The van der Waals surface area contributed by atoms with E-state index in [4.69, 9.17) is 0 Å². The molecule has 0 saturated heterocycles. The number of hydrogen-bond donors (Lipinski definition) is 2. The van der Waals surface area contributed by atoms with E-state index in [1.165, 1.54) is 42.1 Å². The largest absolute Gasteiger partial charge is 0.416 e. The van der Waals surface area contributed by atoms with Crippen molar-refractivity contribution in [3.63, 3.8) is 0 Å². The summed E-state index contributed by atoms with van der Waals surface area (Å²) in [5.41, 5.74) is 0.574. The van der Waals surface area contributed by atoms with E-state index in [0.29, 0.717) is 30.3 Å². The standard InChI is InChI=1S/C20H17F3N6O2S/c21-20(22,23)12-1-3-13(4-2-12)26-17(30)11-29-8-5-14-16(10-29)32-19(27-14)28-18(31)15-9-24-6-7-25-15/h1-4,6-7,9H,5,8,10-11H2,(H,26,30)(H,27,28,31). The van der Waals surface area contributed by atoms with Crippen molar-refractivity contribution >= 4 is 34.0 Å². The van der Waals surface area contributed by atoms with E-state index in [1.54, 1.807) is 0 Å². The third kappa shape index (κ3) is 5.26. The molecule has 0 spiro atoms. The average molecular weight is 462 g/mol. The average Bonchev–Trinajstić information content (AvgIpc) is 3.15. The van der Waals surface area contributed by atoms with Crippen LogP contribution < -0.4 is 10.6 Å². The highest BCUT2D eigenvalue weighted by atomic mass is 32.1. The highest BCUT2D eigenvalue weighted by Gasteiger charge is 2.30. The number of anilines is 2. The molecule has 0 bridgehead atoms. The molecule has 12 heteroatoms. The van der Waals surface area contributed by atoms with Crippen LogP contribution in [0.4, 0.5) is 24.0 Å². The van der Waals surface area contributed by atoms with Crippen molar-refractivity contribution in [1.82, 2.24) is 19.9 Å². The topological polar surface area (TPSA) is 100 Å². The van der Waals surface area contributed by atoms with Crippen LogP contribution in [0.2, 0.25) is 0 Å². The predicted molar refractivity (Wildman–Crippen MR) is 111 cm³/mol. The summed E-state index contributed by atoms with van der Waals surface area (Å²) in [6.45, 7) is 1.16. The summed E-state index contributed by atoms with van der Waals surface area (Å²) in [5, 5.41) is 5.76. The van der Waals surface area contributed by atoms with Crippen LogP contribution in [0.3, 0.4) is 0 Å². The van der Waals surface area contributed by atoms with Gasteiger partial charge in [0.25, 0.3) is 5.91 Å². The summed E-state index contributed by atoms with van der Waals surface area (Å²) in [6, 6.07) is 4.31. The lowest BCUT2D eigenvalue weighted by atomic mass is 10.2. The Morgan fingerprint density at radius 2 is 1.91 bits per heavy atom. The van der Waals surface area contributed by atoms with Crippen molar-refractivity contribution in [1.29, 1.82) is 0 Å². The second-order valence-corrected chi connectivity index (χ2v) is 8.10. The lowest BCUT2D eigenvalue weighted by Gasteiger charge is -2.25. The van der Waals surface area contributed by atoms with Crippen molar-refractivity contribution in [2.75, 3.05) is 23.7 Å². The van der Waals surface area contributed by atoms with Gasteiger partial charge < -0.3 is 5.32 Å². The van der Waals surface area contributed by atoms with Crippen molar-refractivity contribution in [3.8, 4) is 0 Å². The van der Waals surface area contributed by atoms with Crippen LogP contribution in [0.1, 0.15) is 26.6 Å². The third-order valence-corrected chi connectivity index (χ3v) is 5.69. The quantitative estimate of drug-likeness (QED) is 0.604. The molecule has 0 radical (unpaired) electrons. The van der Waals surface area contributed by atoms with Gasteiger partial charge in [0, 0.05) is 42.5 Å². The van der Waals surface area contributed by atoms with E-state index in [2.05, 4.69) is 25.6 Å². The van der Waals surface area contributed by atoms with Crippen molar-refractivity contribution < 1.29 is 22.8 Å². The minimum atomic E-state index is -4.42. The van der Waals surface area contributed by atoms with Crippen molar-refractivity contribution in [2.45, 2.75) is 19.1 Å². The molecule has 0 unspecified atom stereocenters. The zero-order valence-corrected chi connectivity index (χ0v) is 17.3. The molecule has 3 heterocycles. The molecule has 4 rings (SSSR count). The first kappa shape index (κ1) is 21.8. The maximum atomic E-state index is 12.6. The normalized spacial score (nSPS) is 14.0. The lowest BCUT2D eigenvalue weighted by Crippen LogP contribution is -2.36. The Morgan fingerprint density at radius 1 is 1.12 bits per heavy atom. The molecule has 1 aliphatic rings. The zero-order valence-electron chi connectivity index (χ0n) is 16.5. The van der Waals surface area contributed by atoms with E-state index in [0.717, 1.165) is 22.7 Å². The van der Waals surface area contributed by atoms with Gasteiger partial charge in [0.05, 0.1) is 24.0 Å². The summed E-state index contributed by atoms with van der Waals surface area (Å²) >= 11 is 1.33. The number of nitrogens with zero attached hydrogens (tertiary/aromatic N) is 4. The molecule has 3 aromatic rings. The minimum Gasteiger partial charge on any atom is -0.325 e. The molecule has 2 N–H and O–H groups in total. The van der Waals surface area contributed by atoms with Gasteiger partial charge in [-0.25, -0.2) is 9.97 Å². The smallest absolute Gasteiger partial charge is 0.325 e. The number of hydrogen-bond acceptors (Lipinski definition) is 7. The van der Waals surface area contributed by atoms with Gasteiger partial charge >= 0.3 is 6.18 Å². The predicted octanol–water partition coefficient (Wildman–Crippen LogP) is 3.20. The number of thiazole rings is 1. The Bertz CT molecular complexity index is 1120. The maximum Gasteiger partial charge on any atom is 0.416 e. The summed E-state index contributed by atoms with van der Waals surface area (Å²) in [4.78, 5) is 39.6. The van der Waals surface area contributed by atoms with Crippen LogP contribution in [0.5, 0.6) is 0 Å². The SMILES string of the molecule is O=C(CN1CCc2nc(NC(=O)c3cnccn3)sc2C1)Nc1ccc(C(F)(F)F)cc1. The molecule has 166 valence electrons. The number of carbonyl (C=O) groups is 2. The highest BCUT2D eigenvalue weighted by molar-refractivity contribution is 7.15. The Kier molecular flexibility index (Phi) is 6.15. The first-order chi connectivity index (χ1) is 15.3. The van der Waals surface area contributed by atoms with Gasteiger partial charge in [0.1, 0.15) is 5.69 Å². The molecule has 0 saturated carbocycles. The fourth-order valence-electron chi connectivity index (χ4n) is 3.16. The van der Waals surface area contributed by atoms with E-state index in [9.17, 15) is 22.8 Å². The Labute approximate surface area is 184 Å². The molecule has 8 nitrogen and oxygen atoms in total. The van der Waals surface area contributed by atoms with Crippen LogP contribution in [0.25, 0.3) is 0 Å². The molecule has 1 aliphatic heterocycles. The molecule has 2 amide bonds. The van der Waals surface area contributed by atoms with Crippen molar-refractivity contribution in [2.24, 2.45) is 0 Å². The second kappa shape index (κ2) is 9.01. The van der Waals surface area contributed by atoms with Gasteiger partial charge in [-0.15, -0.1) is 11.3 Å². The Hall–Kier alpha value is -3.38. The summed E-state index contributed by atoms with van der Waals surface area (Å²) in [6.07, 6.45) is 0.451. The first-order valence-corrected chi connectivity index (χ1v) is 10.3. The van der Waals surface area contributed by atoms with Crippen LogP contribution in [0, 0.1) is 0 Å². The number of aromatic nitrogens is 3. The van der Waals surface area contributed by atoms with Crippen LogP contribution >= 0.6 is 11.3 Å². The summed E-state index contributed by atoms with van der Waals surface area (Å²) in [7, 11) is 0. The molecular formula is C20H17F3N6O2S. The number of carbonyl (C=O) groups excluding carboxylic acids is 2. The zero-order chi connectivity index (χ0) is 22.7. The lowest BCUT2D eigenvalue weighted by molar-refractivity contribution is -0.137. The Morgan fingerprint density at radius 3 is 2.59 bits per heavy atom. The van der Waals surface area contributed by atoms with E-state index >= 15 is 0 Å². The van der Waals surface area contributed by atoms with Gasteiger partial charge in [-0.1, -0.05) is 0 Å². The number of alkyl halides is 3. The van der Waals surface area contributed by atoms with Gasteiger partial charge in [0.15, 0.2) is 5.13 Å². The van der Waals surface area contributed by atoms with Gasteiger partial charge in [-0.05, 0) is 24.3 Å². The fraction of sp³-hybridized carbons (Fsp3) is 0.250. The minimum absolute atomic E-state index is 0.0830. The number of halogens is 3. The highest BCUT2D eigenvalue weighted by Crippen LogP contribution is 2.30. The number of fused-ring (bicyclic) bond motifs is 1. The van der Waals surface area contributed by atoms with Crippen LogP contribution in [0.15, 0.2) is 42.9 Å². The summed E-state index contributed by atoms with van der Waals surface area (Å²) in [5.74, 6) is -0.731. The number of amides is 2. The van der Waals surface area contributed by atoms with Gasteiger partial charge in [0.2, 0.25) is 5.91 Å². The van der Waals surface area contributed by atoms with Crippen molar-refractivity contribution in [3.05, 3.63) is 64.7 Å². The Balaban J connectivity index is 1.32. The molecule has 32 heavy (non-hydrogen) atoms. The third-order valence-electron chi connectivity index (χ3n) is 4.69. The molecular weight excluding hydrogens is 445 g/mol. The number of nitrogens with one attached hydrogen (secondary N) is 2. The molecule has 1 aromatic carbocycles. The fourth-order valence-corrected chi connectivity index (χ4v) is 4.21. The number of benzene rings is 1. The van der Waals surface area contributed by atoms with Crippen LogP contribution in [-0.2, 0) is 23.9 Å². The first-order valence-electron chi connectivity index (χ1n) is 9.53. The second-order valence-electron chi connectivity index (χ2n) is 7.02. The molecule has 0 aliphatic carbocycles. The monoisotopic (exact) mass is 462 g/mol. The molecule has 2 aromatic heterocycles. The van der Waals surface area contributed by atoms with E-state index in [-0.39, 0.29) is 18.1 Å². The maximum absolute atomic E-state index is 12.6. The molecule has 0 atom stereocenters. The van der Waals surface area contributed by atoms with Gasteiger partial charge in [-0.2, -0.15) is 13.2 Å². The summed E-state index contributed by atoms with van der Waals surface area (Å²) < 4.78 is 37.9. The van der Waals surface area contributed by atoms with E-state index < -0.39 is 17.6 Å².